The van der Waals surface area contributed by atoms with E-state index in [0.717, 1.165) is 33.8 Å². The van der Waals surface area contributed by atoms with Gasteiger partial charge in [0.15, 0.2) is 0 Å². The lowest BCUT2D eigenvalue weighted by Crippen LogP contribution is -2.04. The minimum absolute atomic E-state index is 0.796. The highest BCUT2D eigenvalue weighted by Crippen LogP contribution is 2.25. The molecule has 0 aliphatic heterocycles. The summed E-state index contributed by atoms with van der Waals surface area (Å²) in [6.45, 7) is 0.796. The van der Waals surface area contributed by atoms with Crippen molar-refractivity contribution in [3.63, 3.8) is 0 Å². The minimum atomic E-state index is 0.796. The van der Waals surface area contributed by atoms with E-state index in [1.807, 2.05) is 25.2 Å². The van der Waals surface area contributed by atoms with Gasteiger partial charge in [0.05, 0.1) is 16.7 Å². The zero-order valence-corrected chi connectivity index (χ0v) is 10.7. The molecule has 0 spiro atoms. The van der Waals surface area contributed by atoms with E-state index in [1.54, 1.807) is 23.7 Å². The van der Waals surface area contributed by atoms with E-state index in [9.17, 15) is 0 Å². The Morgan fingerprint density at radius 1 is 1.17 bits per heavy atom. The molecule has 0 aliphatic rings. The SMILES string of the molecule is CNCc1csc(-c2ccc3nccnc3c2)n1. The van der Waals surface area contributed by atoms with E-state index in [-0.39, 0.29) is 0 Å². The Labute approximate surface area is 109 Å². The summed E-state index contributed by atoms with van der Waals surface area (Å²) in [5.74, 6) is 0. The number of hydrogen-bond donors (Lipinski definition) is 1. The summed E-state index contributed by atoms with van der Waals surface area (Å²) in [5, 5.41) is 6.20. The predicted molar refractivity (Wildman–Crippen MR) is 73.4 cm³/mol. The van der Waals surface area contributed by atoms with Crippen molar-refractivity contribution in [3.05, 3.63) is 41.7 Å². The molecule has 0 bridgehead atoms. The summed E-state index contributed by atoms with van der Waals surface area (Å²) in [4.78, 5) is 13.2. The molecule has 0 unspecified atom stereocenters. The molecule has 1 N–H and O–H groups in total. The molecular weight excluding hydrogens is 244 g/mol. The molecule has 3 aromatic rings. The summed E-state index contributed by atoms with van der Waals surface area (Å²) in [7, 11) is 1.92. The molecule has 4 nitrogen and oxygen atoms in total. The lowest BCUT2D eigenvalue weighted by molar-refractivity contribution is 0.798. The van der Waals surface area contributed by atoms with Crippen molar-refractivity contribution in [1.29, 1.82) is 0 Å². The van der Waals surface area contributed by atoms with Crippen molar-refractivity contribution in [3.8, 4) is 10.6 Å². The standard InChI is InChI=1S/C13H12N4S/c1-14-7-10-8-18-13(17-10)9-2-3-11-12(6-9)16-5-4-15-11/h2-6,8,14H,7H2,1H3. The second-order valence-electron chi connectivity index (χ2n) is 3.93. The smallest absolute Gasteiger partial charge is 0.123 e. The Kier molecular flexibility index (Phi) is 3.00. The minimum Gasteiger partial charge on any atom is -0.314 e. The first-order chi connectivity index (χ1) is 8.86. The van der Waals surface area contributed by atoms with Gasteiger partial charge in [-0.05, 0) is 25.2 Å². The molecule has 0 atom stereocenters. The molecule has 0 amide bonds. The van der Waals surface area contributed by atoms with Gasteiger partial charge in [-0.15, -0.1) is 11.3 Å². The zero-order chi connectivity index (χ0) is 12.4. The average molecular weight is 256 g/mol. The quantitative estimate of drug-likeness (QED) is 0.782. The molecule has 2 aromatic heterocycles. The molecule has 0 radical (unpaired) electrons. The van der Waals surface area contributed by atoms with E-state index < -0.39 is 0 Å². The van der Waals surface area contributed by atoms with Gasteiger partial charge in [-0.2, -0.15) is 0 Å². The summed E-state index contributed by atoms with van der Waals surface area (Å²) >= 11 is 1.65. The Morgan fingerprint density at radius 2 is 2.00 bits per heavy atom. The molecule has 0 saturated carbocycles. The molecular formula is C13H12N4S. The Morgan fingerprint density at radius 3 is 2.83 bits per heavy atom. The summed E-state index contributed by atoms with van der Waals surface area (Å²) < 4.78 is 0. The van der Waals surface area contributed by atoms with Gasteiger partial charge in [-0.25, -0.2) is 4.98 Å². The van der Waals surface area contributed by atoms with Crippen LogP contribution in [0.1, 0.15) is 5.69 Å². The lowest BCUT2D eigenvalue weighted by Gasteiger charge is -1.99. The second-order valence-corrected chi connectivity index (χ2v) is 4.79. The van der Waals surface area contributed by atoms with Crippen LogP contribution in [0.3, 0.4) is 0 Å². The number of aromatic nitrogens is 3. The molecule has 1 aromatic carbocycles. The molecule has 0 saturated heterocycles. The van der Waals surface area contributed by atoms with Gasteiger partial charge < -0.3 is 5.32 Å². The van der Waals surface area contributed by atoms with Crippen LogP contribution in [0.4, 0.5) is 0 Å². The molecule has 2 heterocycles. The maximum atomic E-state index is 4.58. The van der Waals surface area contributed by atoms with Crippen molar-refractivity contribution in [1.82, 2.24) is 20.3 Å². The number of nitrogens with zero attached hydrogens (tertiary/aromatic N) is 3. The monoisotopic (exact) mass is 256 g/mol. The largest absolute Gasteiger partial charge is 0.314 e. The first-order valence-corrected chi connectivity index (χ1v) is 6.55. The van der Waals surface area contributed by atoms with Crippen molar-refractivity contribution in [2.75, 3.05) is 7.05 Å². The van der Waals surface area contributed by atoms with Gasteiger partial charge >= 0.3 is 0 Å². The fourth-order valence-corrected chi connectivity index (χ4v) is 2.61. The number of benzene rings is 1. The van der Waals surface area contributed by atoms with E-state index in [0.29, 0.717) is 0 Å². The van der Waals surface area contributed by atoms with Crippen LogP contribution >= 0.6 is 11.3 Å². The van der Waals surface area contributed by atoms with Gasteiger partial charge in [-0.1, -0.05) is 0 Å². The van der Waals surface area contributed by atoms with Crippen LogP contribution in [0.2, 0.25) is 0 Å². The number of thiazole rings is 1. The van der Waals surface area contributed by atoms with E-state index in [1.165, 1.54) is 0 Å². The van der Waals surface area contributed by atoms with Crippen LogP contribution in [0, 0.1) is 0 Å². The Bertz CT molecular complexity index is 677. The molecule has 3 rings (SSSR count). The van der Waals surface area contributed by atoms with Gasteiger partial charge in [0.25, 0.3) is 0 Å². The van der Waals surface area contributed by atoms with Crippen LogP contribution in [-0.4, -0.2) is 22.0 Å². The Balaban J connectivity index is 2.02. The highest BCUT2D eigenvalue weighted by atomic mass is 32.1. The fraction of sp³-hybridized carbons (Fsp3) is 0.154. The van der Waals surface area contributed by atoms with Crippen LogP contribution in [0.5, 0.6) is 0 Å². The van der Waals surface area contributed by atoms with Gasteiger partial charge in [-0.3, -0.25) is 9.97 Å². The highest BCUT2D eigenvalue weighted by Gasteiger charge is 2.05. The third-order valence-electron chi connectivity index (χ3n) is 2.63. The number of fused-ring (bicyclic) bond motifs is 1. The van der Waals surface area contributed by atoms with Crippen molar-refractivity contribution in [2.45, 2.75) is 6.54 Å². The number of rotatable bonds is 3. The summed E-state index contributed by atoms with van der Waals surface area (Å²) in [6.07, 6.45) is 3.41. The molecule has 18 heavy (non-hydrogen) atoms. The van der Waals surface area contributed by atoms with Crippen molar-refractivity contribution in [2.24, 2.45) is 0 Å². The Hall–Kier alpha value is -1.85. The van der Waals surface area contributed by atoms with Crippen molar-refractivity contribution < 1.29 is 0 Å². The molecule has 0 aliphatic carbocycles. The van der Waals surface area contributed by atoms with Crippen LogP contribution in [0.15, 0.2) is 36.0 Å². The first-order valence-electron chi connectivity index (χ1n) is 5.67. The topological polar surface area (TPSA) is 50.7 Å². The van der Waals surface area contributed by atoms with Crippen LogP contribution in [-0.2, 0) is 6.54 Å². The lowest BCUT2D eigenvalue weighted by atomic mass is 10.2. The highest BCUT2D eigenvalue weighted by molar-refractivity contribution is 7.13. The van der Waals surface area contributed by atoms with E-state index >= 15 is 0 Å². The first kappa shape index (κ1) is 11.3. The van der Waals surface area contributed by atoms with Gasteiger partial charge in [0.2, 0.25) is 0 Å². The predicted octanol–water partition coefficient (Wildman–Crippen LogP) is 2.47. The van der Waals surface area contributed by atoms with Gasteiger partial charge in [0.1, 0.15) is 5.01 Å². The summed E-state index contributed by atoms with van der Waals surface area (Å²) in [5.41, 5.74) is 3.97. The third kappa shape index (κ3) is 2.10. The van der Waals surface area contributed by atoms with Crippen molar-refractivity contribution >= 4 is 22.4 Å². The molecule has 5 heteroatoms. The normalized spacial score (nSPS) is 10.9. The van der Waals surface area contributed by atoms with E-state index in [4.69, 9.17) is 0 Å². The van der Waals surface area contributed by atoms with Crippen LogP contribution < -0.4 is 5.32 Å². The average Bonchev–Trinajstić information content (AvgIpc) is 2.87. The van der Waals surface area contributed by atoms with E-state index in [2.05, 4.69) is 25.6 Å². The fourth-order valence-electron chi connectivity index (χ4n) is 1.80. The molecule has 0 fully saturated rings. The molecule has 90 valence electrons. The zero-order valence-electron chi connectivity index (χ0n) is 9.92. The van der Waals surface area contributed by atoms with Gasteiger partial charge in [0, 0.05) is 29.9 Å². The number of nitrogens with one attached hydrogen (secondary N) is 1. The number of hydrogen-bond acceptors (Lipinski definition) is 5. The summed E-state index contributed by atoms with van der Waals surface area (Å²) in [6, 6.07) is 6.06. The maximum Gasteiger partial charge on any atom is 0.123 e. The third-order valence-corrected chi connectivity index (χ3v) is 3.57. The second kappa shape index (κ2) is 4.80. The van der Waals surface area contributed by atoms with Crippen LogP contribution in [0.25, 0.3) is 21.6 Å². The maximum absolute atomic E-state index is 4.58.